The summed E-state index contributed by atoms with van der Waals surface area (Å²) in [6, 6.07) is 5.02. The monoisotopic (exact) mass is 335 g/mol. The van der Waals surface area contributed by atoms with E-state index in [4.69, 9.17) is 11.0 Å². The molecular weight excluding hydrogens is 319 g/mol. The summed E-state index contributed by atoms with van der Waals surface area (Å²) in [5.74, 6) is -0.438. The first-order valence-corrected chi connectivity index (χ1v) is 7.74. The molecule has 2 N–H and O–H groups in total. The number of hydrogen-bond donors (Lipinski definition) is 1. The van der Waals surface area contributed by atoms with Crippen LogP contribution < -0.4 is 5.73 Å². The van der Waals surface area contributed by atoms with E-state index < -0.39 is 29.3 Å². The van der Waals surface area contributed by atoms with Gasteiger partial charge in [0.1, 0.15) is 6.04 Å². The molecule has 1 heterocycles. The average molecular weight is 335 g/mol. The van der Waals surface area contributed by atoms with Crippen LogP contribution >= 0.6 is 0 Å². The first-order valence-electron chi connectivity index (χ1n) is 7.74. The third-order valence-electron chi connectivity index (χ3n) is 4.48. The van der Waals surface area contributed by atoms with Crippen molar-refractivity contribution in [3.05, 3.63) is 35.0 Å². The lowest BCUT2D eigenvalue weighted by atomic mass is 10.0. The Kier molecular flexibility index (Phi) is 3.78. The largest absolute Gasteiger partial charge is 0.418 e. The molecule has 24 heavy (non-hydrogen) atoms. The standard InChI is InChI=1S/C17H16F3N3O/c1-2-12(16(22)24)23-13-6-5-10(8-21)15(17(18,19)20)11(13)7-14(23)9-3-4-9/h5-7,9,12H,2-4H2,1H3,(H2,22,24). The summed E-state index contributed by atoms with van der Waals surface area (Å²) < 4.78 is 42.2. The molecule has 1 saturated carbocycles. The van der Waals surface area contributed by atoms with Crippen LogP contribution in [-0.2, 0) is 11.0 Å². The van der Waals surface area contributed by atoms with Crippen LogP contribution in [0.2, 0.25) is 0 Å². The molecule has 3 rings (SSSR count). The van der Waals surface area contributed by atoms with E-state index in [1.54, 1.807) is 17.6 Å². The van der Waals surface area contributed by atoms with Gasteiger partial charge in [0.25, 0.3) is 0 Å². The van der Waals surface area contributed by atoms with Gasteiger partial charge in [0, 0.05) is 16.6 Å². The van der Waals surface area contributed by atoms with Crippen LogP contribution in [0.5, 0.6) is 0 Å². The maximum absolute atomic E-state index is 13.5. The number of primary amides is 1. The van der Waals surface area contributed by atoms with Crippen molar-refractivity contribution in [3.8, 4) is 6.07 Å². The predicted octanol–water partition coefficient (Wildman–Crippen LogP) is 3.85. The lowest BCUT2D eigenvalue weighted by Crippen LogP contribution is -2.27. The van der Waals surface area contributed by atoms with Crippen molar-refractivity contribution in [2.24, 2.45) is 5.73 Å². The number of carbonyl (C=O) groups is 1. The minimum atomic E-state index is -4.65. The molecule has 0 saturated heterocycles. The lowest BCUT2D eigenvalue weighted by Gasteiger charge is -2.19. The van der Waals surface area contributed by atoms with E-state index in [-0.39, 0.29) is 11.3 Å². The third kappa shape index (κ3) is 2.52. The number of carbonyl (C=O) groups excluding carboxylic acids is 1. The molecular formula is C17H16F3N3O. The molecule has 1 aliphatic rings. The molecule has 1 atom stereocenters. The number of nitriles is 1. The Labute approximate surface area is 136 Å². The second kappa shape index (κ2) is 5.55. The summed E-state index contributed by atoms with van der Waals surface area (Å²) in [6.07, 6.45) is -2.51. The Morgan fingerprint density at radius 2 is 2.12 bits per heavy atom. The molecule has 1 aromatic carbocycles. The zero-order valence-electron chi connectivity index (χ0n) is 13.0. The highest BCUT2D eigenvalue weighted by Gasteiger charge is 2.39. The molecule has 0 bridgehead atoms. The zero-order chi connectivity index (χ0) is 17.6. The second-order valence-corrected chi connectivity index (χ2v) is 6.07. The van der Waals surface area contributed by atoms with Gasteiger partial charge in [0.15, 0.2) is 0 Å². The van der Waals surface area contributed by atoms with Crippen LogP contribution in [0.3, 0.4) is 0 Å². The molecule has 7 heteroatoms. The first kappa shape index (κ1) is 16.4. The summed E-state index contributed by atoms with van der Waals surface area (Å²) in [6.45, 7) is 1.77. The van der Waals surface area contributed by atoms with Gasteiger partial charge < -0.3 is 10.3 Å². The highest BCUT2D eigenvalue weighted by molar-refractivity contribution is 5.90. The van der Waals surface area contributed by atoms with E-state index in [1.165, 1.54) is 12.1 Å². The van der Waals surface area contributed by atoms with Crippen molar-refractivity contribution in [1.29, 1.82) is 5.26 Å². The highest BCUT2D eigenvalue weighted by Crippen LogP contribution is 2.46. The van der Waals surface area contributed by atoms with E-state index in [0.29, 0.717) is 17.6 Å². The Hall–Kier alpha value is -2.49. The molecule has 1 amide bonds. The van der Waals surface area contributed by atoms with Gasteiger partial charge in [-0.2, -0.15) is 18.4 Å². The molecule has 1 aromatic heterocycles. The van der Waals surface area contributed by atoms with Crippen molar-refractivity contribution in [2.75, 3.05) is 0 Å². The number of hydrogen-bond acceptors (Lipinski definition) is 2. The SMILES string of the molecule is CCC(C(N)=O)n1c(C2CC2)cc2c(C(F)(F)F)c(C#N)ccc21. The summed E-state index contributed by atoms with van der Waals surface area (Å²) in [5.41, 5.74) is 5.10. The summed E-state index contributed by atoms with van der Waals surface area (Å²) in [4.78, 5) is 11.8. The number of benzene rings is 1. The summed E-state index contributed by atoms with van der Waals surface area (Å²) in [7, 11) is 0. The van der Waals surface area contributed by atoms with Gasteiger partial charge in [-0.05, 0) is 43.4 Å². The molecule has 2 aromatic rings. The Morgan fingerprint density at radius 3 is 2.58 bits per heavy atom. The number of fused-ring (bicyclic) bond motifs is 1. The van der Waals surface area contributed by atoms with E-state index in [0.717, 1.165) is 18.9 Å². The van der Waals surface area contributed by atoms with E-state index in [2.05, 4.69) is 0 Å². The van der Waals surface area contributed by atoms with Crippen LogP contribution in [0, 0.1) is 11.3 Å². The van der Waals surface area contributed by atoms with E-state index in [1.807, 2.05) is 0 Å². The van der Waals surface area contributed by atoms with Gasteiger partial charge in [-0.15, -0.1) is 0 Å². The van der Waals surface area contributed by atoms with Crippen molar-refractivity contribution >= 4 is 16.8 Å². The minimum absolute atomic E-state index is 0.0387. The molecule has 0 spiro atoms. The Morgan fingerprint density at radius 1 is 1.46 bits per heavy atom. The van der Waals surface area contributed by atoms with Crippen LogP contribution in [0.15, 0.2) is 18.2 Å². The van der Waals surface area contributed by atoms with Gasteiger partial charge in [-0.3, -0.25) is 4.79 Å². The summed E-state index contributed by atoms with van der Waals surface area (Å²) in [5, 5.41) is 9.01. The molecule has 1 fully saturated rings. The van der Waals surface area contributed by atoms with E-state index >= 15 is 0 Å². The quantitative estimate of drug-likeness (QED) is 0.922. The number of amides is 1. The topological polar surface area (TPSA) is 71.8 Å². The van der Waals surface area contributed by atoms with Crippen LogP contribution in [0.25, 0.3) is 10.9 Å². The fourth-order valence-corrected chi connectivity index (χ4v) is 3.27. The van der Waals surface area contributed by atoms with Gasteiger partial charge in [0.2, 0.25) is 5.91 Å². The van der Waals surface area contributed by atoms with Gasteiger partial charge in [0.05, 0.1) is 17.2 Å². The highest BCUT2D eigenvalue weighted by atomic mass is 19.4. The van der Waals surface area contributed by atoms with Crippen LogP contribution in [-0.4, -0.2) is 10.5 Å². The molecule has 1 unspecified atom stereocenters. The predicted molar refractivity (Wildman–Crippen MR) is 82.2 cm³/mol. The van der Waals surface area contributed by atoms with Crippen molar-refractivity contribution in [1.82, 2.24) is 4.57 Å². The molecule has 1 aliphatic carbocycles. The average Bonchev–Trinajstić information content (AvgIpc) is 3.28. The molecule has 0 aliphatic heterocycles. The number of rotatable bonds is 4. The number of halogens is 3. The van der Waals surface area contributed by atoms with Crippen molar-refractivity contribution < 1.29 is 18.0 Å². The number of alkyl halides is 3. The smallest absolute Gasteiger partial charge is 0.368 e. The van der Waals surface area contributed by atoms with Crippen LogP contribution in [0.4, 0.5) is 13.2 Å². The Balaban J connectivity index is 2.38. The van der Waals surface area contributed by atoms with Gasteiger partial charge in [-0.1, -0.05) is 6.92 Å². The molecule has 0 radical (unpaired) electrons. The Bertz CT molecular complexity index is 857. The maximum Gasteiger partial charge on any atom is 0.418 e. The fourth-order valence-electron chi connectivity index (χ4n) is 3.27. The minimum Gasteiger partial charge on any atom is -0.368 e. The van der Waals surface area contributed by atoms with E-state index in [9.17, 15) is 18.0 Å². The first-order chi connectivity index (χ1) is 11.3. The normalized spacial score (nSPS) is 16.1. The number of nitrogens with zero attached hydrogens (tertiary/aromatic N) is 2. The molecule has 4 nitrogen and oxygen atoms in total. The van der Waals surface area contributed by atoms with Crippen molar-refractivity contribution in [2.45, 2.75) is 44.3 Å². The third-order valence-corrected chi connectivity index (χ3v) is 4.48. The fraction of sp³-hybridized carbons (Fsp3) is 0.412. The van der Waals surface area contributed by atoms with Crippen molar-refractivity contribution in [3.63, 3.8) is 0 Å². The second-order valence-electron chi connectivity index (χ2n) is 6.07. The number of aromatic nitrogens is 1. The maximum atomic E-state index is 13.5. The molecule has 126 valence electrons. The van der Waals surface area contributed by atoms with Gasteiger partial charge in [-0.25, -0.2) is 0 Å². The summed E-state index contributed by atoms with van der Waals surface area (Å²) >= 11 is 0. The zero-order valence-corrected chi connectivity index (χ0v) is 13.0. The van der Waals surface area contributed by atoms with Gasteiger partial charge >= 0.3 is 6.18 Å². The lowest BCUT2D eigenvalue weighted by molar-refractivity contribution is -0.136. The number of nitrogens with two attached hydrogens (primary N) is 1. The van der Waals surface area contributed by atoms with Crippen LogP contribution in [0.1, 0.15) is 55.0 Å².